The Kier molecular flexibility index (Phi) is 5.68. The maximum absolute atomic E-state index is 12.8. The lowest BCUT2D eigenvalue weighted by molar-refractivity contribution is 0.0933. The number of halogens is 1. The van der Waals surface area contributed by atoms with Gasteiger partial charge in [-0.2, -0.15) is 0 Å². The van der Waals surface area contributed by atoms with Crippen LogP contribution in [0.1, 0.15) is 6.92 Å². The lowest BCUT2D eigenvalue weighted by atomic mass is 10.1. The number of aliphatic hydroxyl groups excluding tert-OH is 1. The maximum Gasteiger partial charge on any atom is 0.150 e. The lowest BCUT2D eigenvalue weighted by Gasteiger charge is -2.17. The van der Waals surface area contributed by atoms with Gasteiger partial charge in [0.1, 0.15) is 18.5 Å². The minimum atomic E-state index is -0.848. The summed E-state index contributed by atoms with van der Waals surface area (Å²) in [7, 11) is 2.06. The van der Waals surface area contributed by atoms with Gasteiger partial charge in [-0.1, -0.05) is 18.2 Å². The summed E-state index contributed by atoms with van der Waals surface area (Å²) in [5.74, 6) is 0.499. The lowest BCUT2D eigenvalue weighted by Crippen LogP contribution is -2.23. The first-order valence-corrected chi connectivity index (χ1v) is 8.70. The fraction of sp³-hybridized carbons (Fsp3) is 0.286. The van der Waals surface area contributed by atoms with Crippen molar-refractivity contribution in [1.82, 2.24) is 4.98 Å². The average Bonchev–Trinajstić information content (AvgIpc) is 2.71. The molecule has 3 rings (SSSR count). The Morgan fingerprint density at radius 2 is 1.85 bits per heavy atom. The van der Waals surface area contributed by atoms with Gasteiger partial charge in [-0.3, -0.25) is 0 Å². The summed E-state index contributed by atoms with van der Waals surface area (Å²) in [6.07, 6.45) is -0.848. The van der Waals surface area contributed by atoms with Gasteiger partial charge in [0.15, 0.2) is 0 Å². The Morgan fingerprint density at radius 1 is 1.12 bits per heavy atom. The molecule has 0 aliphatic carbocycles. The fourth-order valence-electron chi connectivity index (χ4n) is 2.71. The zero-order chi connectivity index (χ0) is 18.5. The summed E-state index contributed by atoms with van der Waals surface area (Å²) in [5, 5.41) is 10.1. The second kappa shape index (κ2) is 8.15. The van der Waals surface area contributed by atoms with Crippen molar-refractivity contribution in [3.63, 3.8) is 0 Å². The number of pyridine rings is 1. The summed E-state index contributed by atoms with van der Waals surface area (Å²) >= 11 is 0. The number of anilines is 1. The molecule has 0 amide bonds. The van der Waals surface area contributed by atoms with E-state index in [-0.39, 0.29) is 6.61 Å². The number of alkyl halides is 1. The van der Waals surface area contributed by atoms with E-state index in [1.165, 1.54) is 0 Å². The summed E-state index contributed by atoms with van der Waals surface area (Å²) < 4.78 is 18.2. The zero-order valence-corrected chi connectivity index (χ0v) is 15.0. The van der Waals surface area contributed by atoms with Crippen LogP contribution in [0, 0.1) is 0 Å². The molecule has 0 radical (unpaired) electrons. The third kappa shape index (κ3) is 3.94. The summed E-state index contributed by atoms with van der Waals surface area (Å²) in [5.41, 5.74) is 3.83. The monoisotopic (exact) mass is 354 g/mol. The van der Waals surface area contributed by atoms with Crippen molar-refractivity contribution in [1.29, 1.82) is 0 Å². The molecule has 0 bridgehead atoms. The number of hydrogen-bond acceptors (Lipinski definition) is 4. The smallest absolute Gasteiger partial charge is 0.150 e. The Hall–Kier alpha value is -2.66. The number of aliphatic hydroxyl groups is 1. The maximum atomic E-state index is 12.8. The number of fused-ring (bicyclic) bond motifs is 1. The van der Waals surface area contributed by atoms with Crippen molar-refractivity contribution < 1.29 is 14.2 Å². The first-order chi connectivity index (χ1) is 12.6. The van der Waals surface area contributed by atoms with E-state index in [9.17, 15) is 4.39 Å². The molecule has 0 saturated heterocycles. The predicted octanol–water partition coefficient (Wildman–Crippen LogP) is 4.07. The molecule has 1 aromatic heterocycles. The molecule has 0 aliphatic heterocycles. The normalized spacial score (nSPS) is 12.2. The van der Waals surface area contributed by atoms with E-state index in [4.69, 9.17) is 14.8 Å². The van der Waals surface area contributed by atoms with E-state index in [2.05, 4.69) is 43.1 Å². The average molecular weight is 354 g/mol. The molecule has 136 valence electrons. The molecule has 1 heterocycles. The van der Waals surface area contributed by atoms with Crippen LogP contribution in [0.5, 0.6) is 5.75 Å². The van der Waals surface area contributed by atoms with Gasteiger partial charge in [-0.05, 0) is 37.3 Å². The second-order valence-electron chi connectivity index (χ2n) is 6.19. The zero-order valence-electron chi connectivity index (χ0n) is 15.0. The molecular weight excluding hydrogens is 331 g/mol. The third-order valence-corrected chi connectivity index (χ3v) is 4.42. The van der Waals surface area contributed by atoms with Crippen LogP contribution in [0.25, 0.3) is 22.2 Å². The van der Waals surface area contributed by atoms with E-state index in [1.54, 1.807) is 12.1 Å². The number of aromatic nitrogens is 1. The highest BCUT2D eigenvalue weighted by atomic mass is 19.1. The van der Waals surface area contributed by atoms with E-state index >= 15 is 0 Å². The standard InChI is InChI=1S/C21H23FN2O2/c1-3-24(2)17-8-4-15(5-9-17)20-11-7-16-6-10-18(12-21(16)23-20)26-19(13-22)14-25/h4-12,19,25H,3,13-14H2,1-2H3. The van der Waals surface area contributed by atoms with E-state index in [0.29, 0.717) is 5.75 Å². The van der Waals surface area contributed by atoms with Crippen LogP contribution in [-0.4, -0.2) is 43.1 Å². The van der Waals surface area contributed by atoms with E-state index in [1.807, 2.05) is 18.2 Å². The molecular formula is C21H23FN2O2. The minimum absolute atomic E-state index is 0.361. The molecule has 1 atom stereocenters. The molecule has 0 fully saturated rings. The number of hydrogen-bond donors (Lipinski definition) is 1. The molecule has 4 nitrogen and oxygen atoms in total. The topological polar surface area (TPSA) is 45.6 Å². The van der Waals surface area contributed by atoms with Gasteiger partial charge >= 0.3 is 0 Å². The largest absolute Gasteiger partial charge is 0.485 e. The van der Waals surface area contributed by atoms with E-state index < -0.39 is 12.8 Å². The minimum Gasteiger partial charge on any atom is -0.485 e. The molecule has 26 heavy (non-hydrogen) atoms. The molecule has 2 aromatic carbocycles. The highest BCUT2D eigenvalue weighted by molar-refractivity contribution is 5.83. The predicted molar refractivity (Wildman–Crippen MR) is 104 cm³/mol. The van der Waals surface area contributed by atoms with E-state index in [0.717, 1.165) is 34.4 Å². The van der Waals surface area contributed by atoms with Gasteiger partial charge in [0.05, 0.1) is 17.8 Å². The molecule has 0 spiro atoms. The van der Waals surface area contributed by atoms with Gasteiger partial charge in [0, 0.05) is 36.3 Å². The van der Waals surface area contributed by atoms with Crippen molar-refractivity contribution in [2.45, 2.75) is 13.0 Å². The van der Waals surface area contributed by atoms with Crippen molar-refractivity contribution in [2.24, 2.45) is 0 Å². The van der Waals surface area contributed by atoms with Crippen molar-refractivity contribution in [3.05, 3.63) is 54.6 Å². The number of benzene rings is 2. The van der Waals surface area contributed by atoms with Crippen LogP contribution in [0.4, 0.5) is 10.1 Å². The number of ether oxygens (including phenoxy) is 1. The van der Waals surface area contributed by atoms with Crippen LogP contribution < -0.4 is 9.64 Å². The van der Waals surface area contributed by atoms with Crippen LogP contribution in [0.2, 0.25) is 0 Å². The Labute approximate surface area is 152 Å². The van der Waals surface area contributed by atoms with Crippen molar-refractivity contribution >= 4 is 16.6 Å². The van der Waals surface area contributed by atoms with Crippen LogP contribution in [0.3, 0.4) is 0 Å². The van der Waals surface area contributed by atoms with Crippen LogP contribution in [0.15, 0.2) is 54.6 Å². The highest BCUT2D eigenvalue weighted by Crippen LogP contribution is 2.26. The molecule has 0 saturated carbocycles. The van der Waals surface area contributed by atoms with Crippen molar-refractivity contribution in [3.8, 4) is 17.0 Å². The third-order valence-electron chi connectivity index (χ3n) is 4.42. The Morgan fingerprint density at radius 3 is 2.50 bits per heavy atom. The summed E-state index contributed by atoms with van der Waals surface area (Å²) in [6, 6.07) is 17.7. The molecule has 5 heteroatoms. The molecule has 0 aliphatic rings. The van der Waals surface area contributed by atoms with Gasteiger partial charge in [-0.15, -0.1) is 0 Å². The van der Waals surface area contributed by atoms with Gasteiger partial charge in [0.2, 0.25) is 0 Å². The fourth-order valence-corrected chi connectivity index (χ4v) is 2.71. The second-order valence-corrected chi connectivity index (χ2v) is 6.19. The highest BCUT2D eigenvalue weighted by Gasteiger charge is 2.10. The van der Waals surface area contributed by atoms with Gasteiger partial charge < -0.3 is 14.7 Å². The molecule has 3 aromatic rings. The molecule has 1 unspecified atom stereocenters. The first-order valence-electron chi connectivity index (χ1n) is 8.70. The summed E-state index contributed by atoms with van der Waals surface area (Å²) in [6.45, 7) is 1.97. The van der Waals surface area contributed by atoms with Gasteiger partial charge in [-0.25, -0.2) is 9.37 Å². The first kappa shape index (κ1) is 18.1. The Bertz CT molecular complexity index is 864. The quantitative estimate of drug-likeness (QED) is 0.695. The van der Waals surface area contributed by atoms with Crippen LogP contribution in [-0.2, 0) is 0 Å². The van der Waals surface area contributed by atoms with Gasteiger partial charge in [0.25, 0.3) is 0 Å². The number of rotatable bonds is 7. The SMILES string of the molecule is CCN(C)c1ccc(-c2ccc3ccc(OC(CO)CF)cc3n2)cc1. The molecule has 1 N–H and O–H groups in total. The van der Waals surface area contributed by atoms with Crippen LogP contribution >= 0.6 is 0 Å². The van der Waals surface area contributed by atoms with Crippen molar-refractivity contribution in [2.75, 3.05) is 31.8 Å². The number of nitrogens with zero attached hydrogens (tertiary/aromatic N) is 2. The Balaban J connectivity index is 1.89. The summed E-state index contributed by atoms with van der Waals surface area (Å²) in [4.78, 5) is 6.88.